The molecule has 1 aromatic rings. The number of nitrogens with two attached hydrogens (primary N) is 1. The lowest BCUT2D eigenvalue weighted by Gasteiger charge is -2.21. The molecule has 0 aromatic carbocycles. The summed E-state index contributed by atoms with van der Waals surface area (Å²) in [4.78, 5) is 10.7. The van der Waals surface area contributed by atoms with E-state index in [1.807, 2.05) is 38.8 Å². The first-order valence-electron chi connectivity index (χ1n) is 5.59. The number of aryl methyl sites for hydroxylation is 1. The molecule has 0 aliphatic carbocycles. The maximum absolute atomic E-state index is 5.76. The lowest BCUT2D eigenvalue weighted by molar-refractivity contribution is 0.710. The molecular weight excluding hydrogens is 202 g/mol. The first-order chi connectivity index (χ1) is 7.52. The molecule has 1 rings (SSSR count). The van der Waals surface area contributed by atoms with E-state index >= 15 is 0 Å². The molecule has 90 valence electrons. The average Bonchev–Trinajstić information content (AvgIpc) is 2.16. The molecule has 0 saturated carbocycles. The molecule has 0 bridgehead atoms. The molecule has 0 amide bonds. The third-order valence-electron chi connectivity index (χ3n) is 2.14. The van der Waals surface area contributed by atoms with Gasteiger partial charge in [-0.2, -0.15) is 0 Å². The predicted octanol–water partition coefficient (Wildman–Crippen LogP) is 1.00. The second-order valence-electron chi connectivity index (χ2n) is 4.05. The normalized spacial score (nSPS) is 12.3. The van der Waals surface area contributed by atoms with Crippen LogP contribution in [-0.4, -0.2) is 36.1 Å². The Bertz CT molecular complexity index is 337. The van der Waals surface area contributed by atoms with Gasteiger partial charge in [0.15, 0.2) is 0 Å². The molecule has 1 unspecified atom stereocenters. The van der Waals surface area contributed by atoms with E-state index in [0.717, 1.165) is 30.5 Å². The summed E-state index contributed by atoms with van der Waals surface area (Å²) in [5, 5.41) is 3.19. The third-order valence-corrected chi connectivity index (χ3v) is 2.14. The molecule has 0 fully saturated rings. The lowest BCUT2D eigenvalue weighted by atomic mass is 10.3. The number of nitrogens with one attached hydrogen (secondary N) is 1. The molecular formula is C11H21N5. The molecule has 1 aromatic heterocycles. The van der Waals surface area contributed by atoms with E-state index < -0.39 is 0 Å². The largest absolute Gasteiger partial charge is 0.370 e. The van der Waals surface area contributed by atoms with Crippen molar-refractivity contribution in [3.05, 3.63) is 11.9 Å². The molecule has 5 heteroatoms. The molecule has 0 aliphatic rings. The second-order valence-corrected chi connectivity index (χ2v) is 4.05. The van der Waals surface area contributed by atoms with Crippen molar-refractivity contribution in [1.29, 1.82) is 0 Å². The van der Waals surface area contributed by atoms with Crippen LogP contribution >= 0.6 is 0 Å². The summed E-state index contributed by atoms with van der Waals surface area (Å²) in [5.41, 5.74) is 5.76. The number of hydrogen-bond acceptors (Lipinski definition) is 5. The Kier molecular flexibility index (Phi) is 4.49. The summed E-state index contributed by atoms with van der Waals surface area (Å²) in [6.07, 6.45) is 0. The molecule has 0 radical (unpaired) electrons. The van der Waals surface area contributed by atoms with Crippen LogP contribution in [0.5, 0.6) is 0 Å². The van der Waals surface area contributed by atoms with Gasteiger partial charge in [0.2, 0.25) is 0 Å². The first kappa shape index (κ1) is 12.7. The molecule has 1 atom stereocenters. The zero-order valence-corrected chi connectivity index (χ0v) is 10.5. The number of hydrogen-bond donors (Lipinski definition) is 2. The number of likely N-dealkylation sites (N-methyl/N-ethyl adjacent to an activating group) is 1. The molecule has 1 heterocycles. The summed E-state index contributed by atoms with van der Waals surface area (Å²) in [7, 11) is 1.99. The van der Waals surface area contributed by atoms with Crippen molar-refractivity contribution in [3.8, 4) is 0 Å². The van der Waals surface area contributed by atoms with Gasteiger partial charge < -0.3 is 16.0 Å². The molecule has 16 heavy (non-hydrogen) atoms. The number of aromatic nitrogens is 2. The van der Waals surface area contributed by atoms with Crippen LogP contribution in [0.25, 0.3) is 0 Å². The zero-order chi connectivity index (χ0) is 12.1. The zero-order valence-electron chi connectivity index (χ0n) is 10.5. The number of anilines is 2. The lowest BCUT2D eigenvalue weighted by Crippen LogP contribution is -2.33. The van der Waals surface area contributed by atoms with Crippen LogP contribution in [0.4, 0.5) is 11.6 Å². The van der Waals surface area contributed by atoms with E-state index in [9.17, 15) is 0 Å². The van der Waals surface area contributed by atoms with Gasteiger partial charge >= 0.3 is 0 Å². The fourth-order valence-electron chi connectivity index (χ4n) is 1.54. The van der Waals surface area contributed by atoms with Crippen LogP contribution in [0, 0.1) is 6.92 Å². The van der Waals surface area contributed by atoms with Crippen LogP contribution in [0.15, 0.2) is 6.07 Å². The fourth-order valence-corrected chi connectivity index (χ4v) is 1.54. The summed E-state index contributed by atoms with van der Waals surface area (Å²) >= 11 is 0. The minimum Gasteiger partial charge on any atom is -0.370 e. The second kappa shape index (κ2) is 5.65. The van der Waals surface area contributed by atoms with Crippen LogP contribution in [-0.2, 0) is 0 Å². The standard InChI is InChI=1S/C11H21N5/c1-5-13-10-6-11(15-9(3)14-10)16(4)7-8(2)12/h6,8H,5,7,12H2,1-4H3,(H,13,14,15). The molecule has 5 nitrogen and oxygen atoms in total. The number of rotatable bonds is 5. The maximum Gasteiger partial charge on any atom is 0.134 e. The van der Waals surface area contributed by atoms with Gasteiger partial charge in [0.1, 0.15) is 17.5 Å². The highest BCUT2D eigenvalue weighted by Crippen LogP contribution is 2.14. The fraction of sp³-hybridized carbons (Fsp3) is 0.636. The topological polar surface area (TPSA) is 67.1 Å². The van der Waals surface area contributed by atoms with Crippen molar-refractivity contribution in [3.63, 3.8) is 0 Å². The predicted molar refractivity (Wildman–Crippen MR) is 67.9 cm³/mol. The minimum atomic E-state index is 0.128. The Hall–Kier alpha value is -1.36. The van der Waals surface area contributed by atoms with Crippen LogP contribution < -0.4 is 16.0 Å². The minimum absolute atomic E-state index is 0.128. The Labute approximate surface area is 97.1 Å². The average molecular weight is 223 g/mol. The summed E-state index contributed by atoms with van der Waals surface area (Å²) < 4.78 is 0. The van der Waals surface area contributed by atoms with Gasteiger partial charge in [0.25, 0.3) is 0 Å². The van der Waals surface area contributed by atoms with Crippen LogP contribution in [0.1, 0.15) is 19.7 Å². The van der Waals surface area contributed by atoms with E-state index in [4.69, 9.17) is 5.73 Å². The van der Waals surface area contributed by atoms with Gasteiger partial charge in [-0.05, 0) is 20.8 Å². The molecule has 0 aliphatic heterocycles. The van der Waals surface area contributed by atoms with Crippen molar-refractivity contribution in [2.24, 2.45) is 5.73 Å². The van der Waals surface area contributed by atoms with E-state index in [2.05, 4.69) is 15.3 Å². The first-order valence-corrected chi connectivity index (χ1v) is 5.59. The molecule has 0 spiro atoms. The molecule has 0 saturated heterocycles. The van der Waals surface area contributed by atoms with Gasteiger partial charge in [-0.1, -0.05) is 0 Å². The van der Waals surface area contributed by atoms with Gasteiger partial charge in [-0.25, -0.2) is 9.97 Å². The van der Waals surface area contributed by atoms with Gasteiger partial charge in [0, 0.05) is 32.2 Å². The quantitative estimate of drug-likeness (QED) is 0.779. The SMILES string of the molecule is CCNc1cc(N(C)CC(C)N)nc(C)n1. The Morgan fingerprint density at radius 2 is 2.19 bits per heavy atom. The summed E-state index contributed by atoms with van der Waals surface area (Å²) in [6.45, 7) is 7.55. The van der Waals surface area contributed by atoms with E-state index in [1.165, 1.54) is 0 Å². The monoisotopic (exact) mass is 223 g/mol. The summed E-state index contributed by atoms with van der Waals surface area (Å²) in [6, 6.07) is 2.07. The van der Waals surface area contributed by atoms with Gasteiger partial charge in [0.05, 0.1) is 0 Å². The molecule has 3 N–H and O–H groups in total. The summed E-state index contributed by atoms with van der Waals surface area (Å²) in [5.74, 6) is 2.53. The van der Waals surface area contributed by atoms with Crippen LogP contribution in [0.3, 0.4) is 0 Å². The van der Waals surface area contributed by atoms with E-state index in [-0.39, 0.29) is 6.04 Å². The highest BCUT2D eigenvalue weighted by molar-refractivity contribution is 5.48. The number of nitrogens with zero attached hydrogens (tertiary/aromatic N) is 3. The van der Waals surface area contributed by atoms with Crippen molar-refractivity contribution < 1.29 is 0 Å². The van der Waals surface area contributed by atoms with Gasteiger partial charge in [-0.15, -0.1) is 0 Å². The Balaban J connectivity index is 2.86. The smallest absolute Gasteiger partial charge is 0.134 e. The van der Waals surface area contributed by atoms with Gasteiger partial charge in [-0.3, -0.25) is 0 Å². The third kappa shape index (κ3) is 3.66. The van der Waals surface area contributed by atoms with Crippen molar-refractivity contribution in [1.82, 2.24) is 9.97 Å². The maximum atomic E-state index is 5.76. The van der Waals surface area contributed by atoms with E-state index in [0.29, 0.717) is 0 Å². The Morgan fingerprint density at radius 1 is 1.50 bits per heavy atom. The van der Waals surface area contributed by atoms with Crippen molar-refractivity contribution in [2.45, 2.75) is 26.8 Å². The highest BCUT2D eigenvalue weighted by Gasteiger charge is 2.07. The highest BCUT2D eigenvalue weighted by atomic mass is 15.2. The van der Waals surface area contributed by atoms with Crippen molar-refractivity contribution >= 4 is 11.6 Å². The van der Waals surface area contributed by atoms with Crippen LogP contribution in [0.2, 0.25) is 0 Å². The Morgan fingerprint density at radius 3 is 2.75 bits per heavy atom. The van der Waals surface area contributed by atoms with E-state index in [1.54, 1.807) is 0 Å². The van der Waals surface area contributed by atoms with Crippen molar-refractivity contribution in [2.75, 3.05) is 30.4 Å².